The van der Waals surface area contributed by atoms with Crippen LogP contribution in [0.3, 0.4) is 0 Å². The number of aliphatic imine (C=N–C) groups is 1. The van der Waals surface area contributed by atoms with Crippen LogP contribution in [0.2, 0.25) is 0 Å². The fourth-order valence-corrected chi connectivity index (χ4v) is 3.56. The van der Waals surface area contributed by atoms with Crippen LogP contribution in [0.25, 0.3) is 0 Å². The highest BCUT2D eigenvalue weighted by Gasteiger charge is 2.28. The topological polar surface area (TPSA) is 91.6 Å². The number of aromatic nitrogens is 2. The van der Waals surface area contributed by atoms with Crippen molar-refractivity contribution < 1.29 is 8.42 Å². The summed E-state index contributed by atoms with van der Waals surface area (Å²) in [5.74, 6) is 1.49. The molecule has 1 aliphatic heterocycles. The van der Waals surface area contributed by atoms with Crippen LogP contribution in [0, 0.1) is 5.92 Å². The maximum atomic E-state index is 11.1. The second kappa shape index (κ2) is 9.19. The predicted octanol–water partition coefficient (Wildman–Crippen LogP) is 0.671. The Morgan fingerprint density at radius 3 is 2.88 bits per heavy atom. The average molecular weight is 371 g/mol. The summed E-state index contributed by atoms with van der Waals surface area (Å²) < 4.78 is 26.8. The zero-order valence-corrected chi connectivity index (χ0v) is 16.2. The molecule has 9 heteroatoms. The van der Waals surface area contributed by atoms with Crippen molar-refractivity contribution in [3.8, 4) is 0 Å². The fraction of sp³-hybridized carbons (Fsp3) is 0.750. The van der Waals surface area contributed by atoms with Gasteiger partial charge in [0.2, 0.25) is 10.0 Å². The number of likely N-dealkylation sites (tertiary alicyclic amines) is 1. The lowest BCUT2D eigenvalue weighted by Crippen LogP contribution is -2.49. The minimum absolute atomic E-state index is 0.381. The van der Waals surface area contributed by atoms with E-state index in [2.05, 4.69) is 43.3 Å². The van der Waals surface area contributed by atoms with Crippen LogP contribution in [-0.2, 0) is 10.0 Å². The van der Waals surface area contributed by atoms with Crippen molar-refractivity contribution in [3.05, 3.63) is 18.7 Å². The van der Waals surface area contributed by atoms with Crippen molar-refractivity contribution in [2.75, 3.05) is 39.0 Å². The van der Waals surface area contributed by atoms with E-state index in [1.165, 1.54) is 6.26 Å². The van der Waals surface area contributed by atoms with Crippen LogP contribution >= 0.6 is 0 Å². The molecular formula is C16H30N6O2S. The second-order valence-corrected chi connectivity index (χ2v) is 8.38. The lowest BCUT2D eigenvalue weighted by molar-refractivity contribution is 0.189. The highest BCUT2D eigenvalue weighted by atomic mass is 32.2. The van der Waals surface area contributed by atoms with Crippen LogP contribution in [0.4, 0.5) is 0 Å². The Morgan fingerprint density at radius 2 is 2.24 bits per heavy atom. The van der Waals surface area contributed by atoms with Gasteiger partial charge in [-0.25, -0.2) is 18.1 Å². The van der Waals surface area contributed by atoms with Gasteiger partial charge in [-0.15, -0.1) is 0 Å². The number of nitrogens with zero attached hydrogens (tertiary/aromatic N) is 4. The van der Waals surface area contributed by atoms with E-state index in [0.29, 0.717) is 31.5 Å². The van der Waals surface area contributed by atoms with E-state index in [-0.39, 0.29) is 0 Å². The molecule has 0 aromatic carbocycles. The lowest BCUT2D eigenvalue weighted by atomic mass is 9.93. The number of piperidine rings is 1. The quantitative estimate of drug-likeness (QED) is 0.418. The highest BCUT2D eigenvalue weighted by Crippen LogP contribution is 2.27. The molecule has 142 valence electrons. The average Bonchev–Trinajstić information content (AvgIpc) is 3.07. The lowest BCUT2D eigenvalue weighted by Gasteiger charge is -2.39. The molecular weight excluding hydrogens is 340 g/mol. The van der Waals surface area contributed by atoms with Gasteiger partial charge in [-0.2, -0.15) is 0 Å². The monoisotopic (exact) mass is 370 g/mol. The van der Waals surface area contributed by atoms with Crippen molar-refractivity contribution in [1.82, 2.24) is 24.5 Å². The number of sulfonamides is 1. The molecule has 2 unspecified atom stereocenters. The van der Waals surface area contributed by atoms with Gasteiger partial charge in [-0.3, -0.25) is 4.99 Å². The van der Waals surface area contributed by atoms with Crippen molar-refractivity contribution in [2.45, 2.75) is 32.7 Å². The van der Waals surface area contributed by atoms with E-state index < -0.39 is 10.0 Å². The van der Waals surface area contributed by atoms with Gasteiger partial charge < -0.3 is 14.8 Å². The van der Waals surface area contributed by atoms with Gasteiger partial charge in [-0.05, 0) is 25.7 Å². The van der Waals surface area contributed by atoms with Gasteiger partial charge >= 0.3 is 0 Å². The van der Waals surface area contributed by atoms with Gasteiger partial charge in [0.25, 0.3) is 0 Å². The number of guanidine groups is 1. The van der Waals surface area contributed by atoms with Gasteiger partial charge in [0, 0.05) is 45.1 Å². The Morgan fingerprint density at radius 1 is 1.44 bits per heavy atom. The van der Waals surface area contributed by atoms with E-state index in [0.717, 1.165) is 32.0 Å². The third-order valence-corrected chi connectivity index (χ3v) is 5.15. The second-order valence-electron chi connectivity index (χ2n) is 6.54. The molecule has 2 N–H and O–H groups in total. The molecule has 25 heavy (non-hydrogen) atoms. The molecule has 0 spiro atoms. The first kappa shape index (κ1) is 19.7. The molecule has 2 heterocycles. The van der Waals surface area contributed by atoms with Crippen LogP contribution < -0.4 is 10.0 Å². The third-order valence-electron chi connectivity index (χ3n) is 4.42. The molecule has 1 aliphatic rings. The predicted molar refractivity (Wildman–Crippen MR) is 100 cm³/mol. The molecule has 1 fully saturated rings. The number of imidazole rings is 1. The van der Waals surface area contributed by atoms with Crippen molar-refractivity contribution in [1.29, 1.82) is 0 Å². The van der Waals surface area contributed by atoms with Crippen molar-refractivity contribution in [3.63, 3.8) is 0 Å². The molecule has 1 aromatic rings. The Kier molecular flexibility index (Phi) is 7.24. The largest absolute Gasteiger partial charge is 0.357 e. The zero-order chi connectivity index (χ0) is 18.3. The number of hydrogen-bond acceptors (Lipinski definition) is 4. The van der Waals surface area contributed by atoms with Crippen LogP contribution in [0.5, 0.6) is 0 Å². The first-order valence-electron chi connectivity index (χ1n) is 8.86. The molecule has 1 aromatic heterocycles. The maximum absolute atomic E-state index is 11.1. The van der Waals surface area contributed by atoms with E-state index >= 15 is 0 Å². The summed E-state index contributed by atoms with van der Waals surface area (Å²) in [4.78, 5) is 11.1. The van der Waals surface area contributed by atoms with E-state index in [9.17, 15) is 8.42 Å². The molecule has 0 radical (unpaired) electrons. The smallest absolute Gasteiger partial charge is 0.208 e. The first-order chi connectivity index (χ1) is 11.9. The Hall–Kier alpha value is -1.61. The highest BCUT2D eigenvalue weighted by molar-refractivity contribution is 7.88. The number of nitrogens with one attached hydrogen (secondary N) is 2. The summed E-state index contributed by atoms with van der Waals surface area (Å²) in [6.45, 7) is 8.01. The minimum atomic E-state index is -3.13. The van der Waals surface area contributed by atoms with E-state index in [4.69, 9.17) is 0 Å². The van der Waals surface area contributed by atoms with Gasteiger partial charge in [0.1, 0.15) is 0 Å². The number of hydrogen-bond donors (Lipinski definition) is 2. The summed E-state index contributed by atoms with van der Waals surface area (Å²) in [6, 6.07) is 0.381. The SMILES string of the molecule is CCNC(=NCCCNS(C)(=O)=O)N1CCC(C)C(n2ccnc2)C1. The van der Waals surface area contributed by atoms with Crippen molar-refractivity contribution in [2.24, 2.45) is 10.9 Å². The van der Waals surface area contributed by atoms with Crippen molar-refractivity contribution >= 4 is 16.0 Å². The summed E-state index contributed by atoms with van der Waals surface area (Å²) in [6.07, 6.45) is 8.67. The number of rotatable bonds is 7. The Bertz CT molecular complexity index is 644. The molecule has 2 rings (SSSR count). The minimum Gasteiger partial charge on any atom is -0.357 e. The molecule has 1 saturated heterocycles. The Labute approximate surface area is 150 Å². The summed E-state index contributed by atoms with van der Waals surface area (Å²) >= 11 is 0. The fourth-order valence-electron chi connectivity index (χ4n) is 3.04. The molecule has 0 aliphatic carbocycles. The van der Waals surface area contributed by atoms with Crippen LogP contribution in [0.1, 0.15) is 32.7 Å². The van der Waals surface area contributed by atoms with Gasteiger partial charge in [0.15, 0.2) is 5.96 Å². The van der Waals surface area contributed by atoms with E-state index in [1.54, 1.807) is 0 Å². The summed E-state index contributed by atoms with van der Waals surface area (Å²) in [5, 5.41) is 3.35. The Balaban J connectivity index is 1.95. The molecule has 2 atom stereocenters. The maximum Gasteiger partial charge on any atom is 0.208 e. The first-order valence-corrected chi connectivity index (χ1v) is 10.7. The third kappa shape index (κ3) is 6.32. The summed E-state index contributed by atoms with van der Waals surface area (Å²) in [5.41, 5.74) is 0. The van der Waals surface area contributed by atoms with Gasteiger partial charge in [-0.1, -0.05) is 6.92 Å². The normalized spacial score (nSPS) is 22.2. The van der Waals surface area contributed by atoms with Crippen LogP contribution in [0.15, 0.2) is 23.7 Å². The zero-order valence-electron chi connectivity index (χ0n) is 15.4. The molecule has 8 nitrogen and oxygen atoms in total. The molecule has 0 saturated carbocycles. The standard InChI is InChI=1S/C16H30N6O2S/c1-4-18-16(19-7-5-8-20-25(3,23)24)21-10-6-14(2)15(12-21)22-11-9-17-13-22/h9,11,13-15,20H,4-8,10,12H2,1-3H3,(H,18,19). The van der Waals surface area contributed by atoms with Gasteiger partial charge in [0.05, 0.1) is 18.6 Å². The van der Waals surface area contributed by atoms with E-state index in [1.807, 2.05) is 18.7 Å². The molecule has 0 amide bonds. The summed E-state index contributed by atoms with van der Waals surface area (Å²) in [7, 11) is -3.13. The van der Waals surface area contributed by atoms with Crippen LogP contribution in [-0.4, -0.2) is 67.8 Å². The molecule has 0 bridgehead atoms.